The standard InChI is InChI=1S/C17H14FN5S/c1-23-7-6-19-17(23)14(11-3-2-4-12(18)9-11)22-16-15-13(5-8-24-15)20-10-21-16/h2-10,14H,1H3,(H,20,21,22)/t14-/m1/s1. The average molecular weight is 339 g/mol. The first-order chi connectivity index (χ1) is 11.7. The molecule has 4 rings (SSSR count). The summed E-state index contributed by atoms with van der Waals surface area (Å²) in [6, 6.07) is 8.15. The highest BCUT2D eigenvalue weighted by atomic mass is 32.1. The van der Waals surface area contributed by atoms with Crippen molar-refractivity contribution in [1.82, 2.24) is 19.5 Å². The van der Waals surface area contributed by atoms with Gasteiger partial charge in [-0.2, -0.15) is 0 Å². The van der Waals surface area contributed by atoms with Crippen molar-refractivity contribution < 1.29 is 4.39 Å². The Kier molecular flexibility index (Phi) is 3.70. The Balaban J connectivity index is 1.81. The summed E-state index contributed by atoms with van der Waals surface area (Å²) in [6.07, 6.45) is 5.12. The Morgan fingerprint density at radius 2 is 2.12 bits per heavy atom. The monoisotopic (exact) mass is 339 g/mol. The second kappa shape index (κ2) is 6.01. The van der Waals surface area contributed by atoms with E-state index >= 15 is 0 Å². The Morgan fingerprint density at radius 1 is 1.21 bits per heavy atom. The Labute approximate surface area is 141 Å². The summed E-state index contributed by atoms with van der Waals surface area (Å²) in [5.41, 5.74) is 1.67. The maximum absolute atomic E-state index is 13.7. The number of hydrogen-bond acceptors (Lipinski definition) is 5. The number of hydrogen-bond donors (Lipinski definition) is 1. The van der Waals surface area contributed by atoms with E-state index in [1.165, 1.54) is 18.5 Å². The van der Waals surface area contributed by atoms with E-state index in [1.54, 1.807) is 23.6 Å². The van der Waals surface area contributed by atoms with E-state index in [-0.39, 0.29) is 11.9 Å². The van der Waals surface area contributed by atoms with Crippen LogP contribution in [0.15, 0.2) is 54.4 Å². The van der Waals surface area contributed by atoms with Crippen molar-refractivity contribution in [3.8, 4) is 0 Å². The highest BCUT2D eigenvalue weighted by Crippen LogP contribution is 2.30. The van der Waals surface area contributed by atoms with E-state index in [4.69, 9.17) is 0 Å². The first-order valence-corrected chi connectivity index (χ1v) is 8.28. The van der Waals surface area contributed by atoms with Crippen LogP contribution in [0.3, 0.4) is 0 Å². The molecular weight excluding hydrogens is 325 g/mol. The molecule has 1 atom stereocenters. The molecule has 0 saturated heterocycles. The zero-order chi connectivity index (χ0) is 16.5. The molecule has 0 aliphatic carbocycles. The van der Waals surface area contributed by atoms with Crippen LogP contribution in [-0.4, -0.2) is 19.5 Å². The number of aryl methyl sites for hydroxylation is 1. The molecule has 0 spiro atoms. The average Bonchev–Trinajstić information content (AvgIpc) is 3.21. The molecule has 5 nitrogen and oxygen atoms in total. The molecule has 3 aromatic heterocycles. The topological polar surface area (TPSA) is 55.6 Å². The third-order valence-electron chi connectivity index (χ3n) is 3.82. The second-order valence-corrected chi connectivity index (χ2v) is 6.30. The van der Waals surface area contributed by atoms with E-state index in [1.807, 2.05) is 35.3 Å². The molecule has 0 fully saturated rings. The van der Waals surface area contributed by atoms with Gasteiger partial charge in [0.25, 0.3) is 0 Å². The first-order valence-electron chi connectivity index (χ1n) is 7.40. The van der Waals surface area contributed by atoms with E-state index in [0.717, 1.165) is 21.6 Å². The number of thiophene rings is 1. The van der Waals surface area contributed by atoms with Crippen LogP contribution in [0, 0.1) is 5.82 Å². The Bertz CT molecular complexity index is 993. The van der Waals surface area contributed by atoms with E-state index in [0.29, 0.717) is 5.82 Å². The molecular formula is C17H14FN5S. The summed E-state index contributed by atoms with van der Waals surface area (Å²) in [5.74, 6) is 1.22. The van der Waals surface area contributed by atoms with Crippen LogP contribution in [0.2, 0.25) is 0 Å². The summed E-state index contributed by atoms with van der Waals surface area (Å²) in [7, 11) is 1.91. The fourth-order valence-electron chi connectivity index (χ4n) is 2.67. The zero-order valence-corrected chi connectivity index (χ0v) is 13.7. The van der Waals surface area contributed by atoms with Crippen molar-refractivity contribution >= 4 is 27.4 Å². The number of rotatable bonds is 4. The lowest BCUT2D eigenvalue weighted by molar-refractivity contribution is 0.622. The van der Waals surface area contributed by atoms with Crippen molar-refractivity contribution in [3.63, 3.8) is 0 Å². The van der Waals surface area contributed by atoms with Crippen LogP contribution in [0.1, 0.15) is 17.4 Å². The lowest BCUT2D eigenvalue weighted by Crippen LogP contribution is -2.17. The number of fused-ring (bicyclic) bond motifs is 1. The molecule has 0 amide bonds. The summed E-state index contributed by atoms with van der Waals surface area (Å²) >= 11 is 1.57. The number of halogens is 1. The highest BCUT2D eigenvalue weighted by Gasteiger charge is 2.20. The molecule has 120 valence electrons. The molecule has 0 aliphatic rings. The summed E-state index contributed by atoms with van der Waals surface area (Å²) < 4.78 is 16.6. The minimum atomic E-state index is -0.319. The van der Waals surface area contributed by atoms with Crippen molar-refractivity contribution in [2.45, 2.75) is 6.04 Å². The van der Waals surface area contributed by atoms with Gasteiger partial charge in [0.2, 0.25) is 0 Å². The fourth-order valence-corrected chi connectivity index (χ4v) is 3.46. The number of benzene rings is 1. The predicted octanol–water partition coefficient (Wildman–Crippen LogP) is 3.77. The van der Waals surface area contributed by atoms with Crippen molar-refractivity contribution in [2.24, 2.45) is 7.05 Å². The highest BCUT2D eigenvalue weighted by molar-refractivity contribution is 7.17. The van der Waals surface area contributed by atoms with E-state index in [9.17, 15) is 4.39 Å². The largest absolute Gasteiger partial charge is 0.355 e. The number of nitrogens with one attached hydrogen (secondary N) is 1. The van der Waals surface area contributed by atoms with Crippen molar-refractivity contribution in [2.75, 3.05) is 5.32 Å². The molecule has 7 heteroatoms. The van der Waals surface area contributed by atoms with Gasteiger partial charge in [-0.25, -0.2) is 19.3 Å². The smallest absolute Gasteiger partial charge is 0.148 e. The molecule has 24 heavy (non-hydrogen) atoms. The Hall–Kier alpha value is -2.80. The van der Waals surface area contributed by atoms with Crippen LogP contribution in [0.25, 0.3) is 10.2 Å². The quantitative estimate of drug-likeness (QED) is 0.615. The summed E-state index contributed by atoms with van der Waals surface area (Å²) in [4.78, 5) is 13.0. The molecule has 0 bridgehead atoms. The summed E-state index contributed by atoms with van der Waals surface area (Å²) in [5, 5.41) is 5.38. The van der Waals surface area contributed by atoms with Crippen molar-refractivity contribution in [1.29, 1.82) is 0 Å². The van der Waals surface area contributed by atoms with Crippen LogP contribution < -0.4 is 5.32 Å². The van der Waals surface area contributed by atoms with Crippen LogP contribution >= 0.6 is 11.3 Å². The van der Waals surface area contributed by atoms with Crippen LogP contribution in [-0.2, 0) is 7.05 Å². The SMILES string of the molecule is Cn1ccnc1[C@H](Nc1ncnc2ccsc12)c1cccc(F)c1. The lowest BCUT2D eigenvalue weighted by atomic mass is 10.1. The molecule has 0 radical (unpaired) electrons. The molecule has 1 N–H and O–H groups in total. The van der Waals surface area contributed by atoms with Gasteiger partial charge in [0.05, 0.1) is 10.2 Å². The van der Waals surface area contributed by atoms with Gasteiger partial charge >= 0.3 is 0 Å². The molecule has 3 heterocycles. The minimum absolute atomic E-state index is 0.280. The van der Waals surface area contributed by atoms with E-state index in [2.05, 4.69) is 20.3 Å². The molecule has 0 saturated carbocycles. The van der Waals surface area contributed by atoms with Crippen LogP contribution in [0.5, 0.6) is 0 Å². The van der Waals surface area contributed by atoms with Gasteiger partial charge in [-0.3, -0.25) is 0 Å². The zero-order valence-electron chi connectivity index (χ0n) is 12.8. The van der Waals surface area contributed by atoms with Crippen molar-refractivity contribution in [3.05, 3.63) is 71.6 Å². The first kappa shape index (κ1) is 14.8. The molecule has 0 aliphatic heterocycles. The second-order valence-electron chi connectivity index (χ2n) is 5.39. The Morgan fingerprint density at radius 3 is 2.92 bits per heavy atom. The fraction of sp³-hybridized carbons (Fsp3) is 0.118. The molecule has 4 aromatic rings. The van der Waals surface area contributed by atoms with Gasteiger partial charge in [0, 0.05) is 19.4 Å². The van der Waals surface area contributed by atoms with Gasteiger partial charge < -0.3 is 9.88 Å². The predicted molar refractivity (Wildman–Crippen MR) is 92.5 cm³/mol. The number of imidazole rings is 1. The van der Waals surface area contributed by atoms with Gasteiger partial charge in [-0.15, -0.1) is 11.3 Å². The number of anilines is 1. The maximum Gasteiger partial charge on any atom is 0.148 e. The van der Waals surface area contributed by atoms with Gasteiger partial charge in [0.15, 0.2) is 0 Å². The minimum Gasteiger partial charge on any atom is -0.355 e. The normalized spacial score (nSPS) is 12.4. The van der Waals surface area contributed by atoms with Gasteiger partial charge in [0.1, 0.15) is 29.8 Å². The number of nitrogens with zero attached hydrogens (tertiary/aromatic N) is 4. The maximum atomic E-state index is 13.7. The lowest BCUT2D eigenvalue weighted by Gasteiger charge is -2.20. The third kappa shape index (κ3) is 2.63. The summed E-state index contributed by atoms with van der Waals surface area (Å²) in [6.45, 7) is 0. The number of aromatic nitrogens is 4. The molecule has 0 unspecified atom stereocenters. The van der Waals surface area contributed by atoms with E-state index < -0.39 is 0 Å². The van der Waals surface area contributed by atoms with Gasteiger partial charge in [-0.1, -0.05) is 12.1 Å². The van der Waals surface area contributed by atoms with Gasteiger partial charge in [-0.05, 0) is 29.1 Å². The third-order valence-corrected chi connectivity index (χ3v) is 4.73. The van der Waals surface area contributed by atoms with Crippen LogP contribution in [0.4, 0.5) is 10.2 Å². The molecule has 1 aromatic carbocycles.